The minimum Gasteiger partial charge on any atom is -0.389 e. The summed E-state index contributed by atoms with van der Waals surface area (Å²) in [6.45, 7) is 11.6. The lowest BCUT2D eigenvalue weighted by Crippen LogP contribution is -2.63. The molecule has 27 heavy (non-hydrogen) atoms. The number of imide groups is 1. The number of carbonyl (C=O) groups is 2. The van der Waals surface area contributed by atoms with E-state index in [0.29, 0.717) is 19.0 Å². The second-order valence-corrected chi connectivity index (χ2v) is 8.55. The quantitative estimate of drug-likeness (QED) is 0.635. The topological polar surface area (TPSA) is 79.3 Å². The van der Waals surface area contributed by atoms with Crippen LogP contribution in [-0.4, -0.2) is 83.9 Å². The van der Waals surface area contributed by atoms with E-state index in [1.54, 1.807) is 7.11 Å². The number of carbonyl (C=O) groups excluding carboxylic acids is 2. The van der Waals surface area contributed by atoms with Gasteiger partial charge in [0.05, 0.1) is 36.4 Å². The van der Waals surface area contributed by atoms with E-state index < -0.39 is 17.6 Å². The number of likely N-dealkylation sites (tertiary alicyclic amines) is 2. The summed E-state index contributed by atoms with van der Waals surface area (Å²) < 4.78 is 11.4. The van der Waals surface area contributed by atoms with Crippen molar-refractivity contribution < 1.29 is 24.2 Å². The summed E-state index contributed by atoms with van der Waals surface area (Å²) in [6.07, 6.45) is 0.413. The summed E-state index contributed by atoms with van der Waals surface area (Å²) in [6, 6.07) is -0.250. The maximum Gasteiger partial charge on any atom is 0.234 e. The third kappa shape index (κ3) is 4.88. The molecule has 2 aliphatic rings. The van der Waals surface area contributed by atoms with Gasteiger partial charge in [0.2, 0.25) is 11.8 Å². The molecule has 7 heteroatoms. The maximum atomic E-state index is 12.9. The molecule has 0 spiro atoms. The van der Waals surface area contributed by atoms with Gasteiger partial charge < -0.3 is 14.6 Å². The molecular weight excluding hydrogens is 348 g/mol. The van der Waals surface area contributed by atoms with Crippen molar-refractivity contribution in [3.05, 3.63) is 0 Å². The second-order valence-electron chi connectivity index (χ2n) is 8.55. The summed E-state index contributed by atoms with van der Waals surface area (Å²) in [5.41, 5.74) is -0.555. The van der Waals surface area contributed by atoms with Crippen molar-refractivity contribution in [1.29, 1.82) is 0 Å². The molecule has 0 radical (unpaired) electrons. The summed E-state index contributed by atoms with van der Waals surface area (Å²) in [5.74, 6) is -0.316. The summed E-state index contributed by atoms with van der Waals surface area (Å²) in [7, 11) is 1.67. The zero-order valence-electron chi connectivity index (χ0n) is 17.6. The van der Waals surface area contributed by atoms with Crippen molar-refractivity contribution in [3.63, 3.8) is 0 Å². The van der Waals surface area contributed by atoms with Gasteiger partial charge in [-0.15, -0.1) is 0 Å². The van der Waals surface area contributed by atoms with Gasteiger partial charge in [-0.3, -0.25) is 19.4 Å². The monoisotopic (exact) mass is 384 g/mol. The molecule has 2 amide bonds. The minimum absolute atomic E-state index is 0.0483. The molecule has 0 aromatic carbocycles. The lowest BCUT2D eigenvalue weighted by molar-refractivity contribution is -0.154. The molecule has 1 unspecified atom stereocenters. The van der Waals surface area contributed by atoms with Gasteiger partial charge in [-0.1, -0.05) is 6.92 Å². The highest BCUT2D eigenvalue weighted by molar-refractivity contribution is 6.04. The third-order valence-corrected chi connectivity index (χ3v) is 5.83. The van der Waals surface area contributed by atoms with E-state index in [0.717, 1.165) is 13.0 Å². The molecule has 5 atom stereocenters. The minimum atomic E-state index is -0.657. The van der Waals surface area contributed by atoms with E-state index in [2.05, 4.69) is 11.8 Å². The number of nitrogens with zero attached hydrogens (tertiary/aromatic N) is 2. The Balaban J connectivity index is 2.26. The number of aliphatic hydroxyl groups excluding tert-OH is 1. The Morgan fingerprint density at radius 1 is 1.33 bits per heavy atom. The Bertz CT molecular complexity index is 540. The third-order valence-electron chi connectivity index (χ3n) is 5.83. The van der Waals surface area contributed by atoms with Gasteiger partial charge in [0.15, 0.2) is 0 Å². The molecule has 0 aliphatic carbocycles. The van der Waals surface area contributed by atoms with Crippen molar-refractivity contribution in [1.82, 2.24) is 9.80 Å². The second kappa shape index (κ2) is 8.99. The van der Waals surface area contributed by atoms with Crippen LogP contribution >= 0.6 is 0 Å². The van der Waals surface area contributed by atoms with Crippen molar-refractivity contribution in [2.24, 2.45) is 11.8 Å². The van der Waals surface area contributed by atoms with Gasteiger partial charge in [-0.2, -0.15) is 0 Å². The Labute approximate surface area is 163 Å². The van der Waals surface area contributed by atoms with E-state index >= 15 is 0 Å². The predicted octanol–water partition coefficient (Wildman–Crippen LogP) is 1.28. The van der Waals surface area contributed by atoms with Crippen LogP contribution in [0.2, 0.25) is 0 Å². The molecule has 2 aliphatic heterocycles. The zero-order valence-corrected chi connectivity index (χ0v) is 17.6. The van der Waals surface area contributed by atoms with Crippen molar-refractivity contribution in [3.8, 4) is 0 Å². The van der Waals surface area contributed by atoms with Crippen molar-refractivity contribution in [2.75, 3.05) is 33.4 Å². The van der Waals surface area contributed by atoms with E-state index in [9.17, 15) is 14.7 Å². The first kappa shape index (κ1) is 22.3. The summed E-state index contributed by atoms with van der Waals surface area (Å²) >= 11 is 0. The Kier molecular flexibility index (Phi) is 7.41. The number of piperidine rings is 1. The number of hydrogen-bond donors (Lipinski definition) is 1. The summed E-state index contributed by atoms with van der Waals surface area (Å²) in [4.78, 5) is 28.7. The Hall–Kier alpha value is -1.02. The predicted molar refractivity (Wildman–Crippen MR) is 102 cm³/mol. The van der Waals surface area contributed by atoms with E-state index in [1.165, 1.54) is 4.90 Å². The molecule has 0 saturated carbocycles. The highest BCUT2D eigenvalue weighted by Gasteiger charge is 2.54. The SMILES string of the molecule is CCN1C(=O)C[C@@H]([C@@H]2N(CC(O)COC(C)C)C[C@@H](C)C[C@]2(C)OC)C1=O. The molecule has 156 valence electrons. The average molecular weight is 385 g/mol. The first-order valence-electron chi connectivity index (χ1n) is 10.1. The fourth-order valence-corrected chi connectivity index (χ4v) is 4.76. The number of methoxy groups -OCH3 is 1. The molecule has 7 nitrogen and oxygen atoms in total. The lowest BCUT2D eigenvalue weighted by atomic mass is 9.74. The molecule has 0 aromatic heterocycles. The highest BCUT2D eigenvalue weighted by atomic mass is 16.5. The number of aliphatic hydroxyl groups is 1. The van der Waals surface area contributed by atoms with Crippen LogP contribution in [0.25, 0.3) is 0 Å². The molecule has 1 N–H and O–H groups in total. The number of ether oxygens (including phenoxy) is 2. The zero-order chi connectivity index (χ0) is 20.4. The Morgan fingerprint density at radius 2 is 2.00 bits per heavy atom. The number of hydrogen-bond acceptors (Lipinski definition) is 6. The van der Waals surface area contributed by atoms with Crippen LogP contribution in [0.4, 0.5) is 0 Å². The van der Waals surface area contributed by atoms with Crippen molar-refractivity contribution in [2.45, 2.75) is 71.3 Å². The van der Waals surface area contributed by atoms with Gasteiger partial charge >= 0.3 is 0 Å². The van der Waals surface area contributed by atoms with Crippen molar-refractivity contribution >= 4 is 11.8 Å². The lowest BCUT2D eigenvalue weighted by Gasteiger charge is -2.51. The van der Waals surface area contributed by atoms with Gasteiger partial charge in [0.1, 0.15) is 0 Å². The van der Waals surface area contributed by atoms with Crippen LogP contribution in [0.15, 0.2) is 0 Å². The average Bonchev–Trinajstić information content (AvgIpc) is 2.86. The van der Waals surface area contributed by atoms with Gasteiger partial charge in [0, 0.05) is 33.2 Å². The van der Waals surface area contributed by atoms with E-state index in [-0.39, 0.29) is 37.0 Å². The first-order chi connectivity index (χ1) is 12.6. The number of rotatable bonds is 8. The summed E-state index contributed by atoms with van der Waals surface area (Å²) in [5, 5.41) is 10.5. The molecule has 2 heterocycles. The van der Waals surface area contributed by atoms with E-state index in [1.807, 2.05) is 27.7 Å². The van der Waals surface area contributed by atoms with Crippen LogP contribution in [-0.2, 0) is 19.1 Å². The highest BCUT2D eigenvalue weighted by Crippen LogP contribution is 2.41. The molecule has 2 saturated heterocycles. The van der Waals surface area contributed by atoms with Crippen LogP contribution in [0.5, 0.6) is 0 Å². The molecule has 0 aromatic rings. The fraction of sp³-hybridized carbons (Fsp3) is 0.900. The van der Waals surface area contributed by atoms with Crippen LogP contribution in [0, 0.1) is 11.8 Å². The standard InChI is InChI=1S/C20H36N2O5/c1-7-22-17(24)8-16(19(22)25)18-20(5,26-6)9-14(4)10-21(18)11-15(23)12-27-13(2)3/h13-16,18,23H,7-12H2,1-6H3/t14-,15?,16-,18-,20-/m0/s1. The van der Waals surface area contributed by atoms with Gasteiger partial charge in [-0.05, 0) is 40.0 Å². The van der Waals surface area contributed by atoms with Crippen LogP contribution in [0.3, 0.4) is 0 Å². The molecule has 2 rings (SSSR count). The molecule has 0 bridgehead atoms. The van der Waals surface area contributed by atoms with Crippen LogP contribution in [0.1, 0.15) is 47.5 Å². The van der Waals surface area contributed by atoms with Gasteiger partial charge in [0.25, 0.3) is 0 Å². The van der Waals surface area contributed by atoms with E-state index in [4.69, 9.17) is 9.47 Å². The fourth-order valence-electron chi connectivity index (χ4n) is 4.76. The maximum absolute atomic E-state index is 12.9. The number of amides is 2. The molecular formula is C20H36N2O5. The largest absolute Gasteiger partial charge is 0.389 e. The van der Waals surface area contributed by atoms with Crippen LogP contribution < -0.4 is 0 Å². The van der Waals surface area contributed by atoms with Gasteiger partial charge in [-0.25, -0.2) is 0 Å². The first-order valence-corrected chi connectivity index (χ1v) is 10.1. The Morgan fingerprint density at radius 3 is 2.52 bits per heavy atom. The molecule has 2 fully saturated rings. The normalized spacial score (nSPS) is 33.9. The number of β-amino-alcohol motifs (C(OH)–C–C–N with tert-alkyl or cyclic N) is 1. The smallest absolute Gasteiger partial charge is 0.234 e.